The van der Waals surface area contributed by atoms with Crippen LogP contribution >= 0.6 is 11.8 Å². The van der Waals surface area contributed by atoms with Crippen molar-refractivity contribution in [1.29, 1.82) is 0 Å². The topological polar surface area (TPSA) is 61.9 Å². The van der Waals surface area contributed by atoms with Crippen LogP contribution in [-0.2, 0) is 6.42 Å². The maximum atomic E-state index is 13.3. The summed E-state index contributed by atoms with van der Waals surface area (Å²) in [6.07, 6.45) is 2.52. The molecule has 0 aliphatic carbocycles. The van der Waals surface area contributed by atoms with Gasteiger partial charge in [-0.2, -0.15) is 0 Å². The second kappa shape index (κ2) is 9.22. The van der Waals surface area contributed by atoms with Crippen molar-refractivity contribution < 1.29 is 14.3 Å². The number of amides is 3. The number of nitrogens with zero attached hydrogens (tertiary/aromatic N) is 2. The smallest absolute Gasteiger partial charge is 0.321 e. The molecular formula is C24H29N3O3S. The average molecular weight is 440 g/mol. The lowest BCUT2D eigenvalue weighted by molar-refractivity contribution is 0.0585. The Morgan fingerprint density at radius 1 is 1.10 bits per heavy atom. The second-order valence-corrected chi connectivity index (χ2v) is 9.41. The summed E-state index contributed by atoms with van der Waals surface area (Å²) in [6, 6.07) is 15.2. The standard InChI is InChI=1S/C24H29N3O3S/c1-3-18-7-9-20(10-8-18)25-23(29)26-13-11-24(12-14-26)27(15-16-31-24)22(28)19-5-4-6-21(17-19)30-2/h4-10,17H,3,11-16H2,1-2H3,(H,25,29). The zero-order chi connectivity index (χ0) is 21.8. The number of methoxy groups -OCH3 is 1. The molecule has 1 spiro atoms. The van der Waals surface area contributed by atoms with Gasteiger partial charge in [0.05, 0.1) is 12.0 Å². The SMILES string of the molecule is CCc1ccc(NC(=O)N2CCC3(CC2)SCCN3C(=O)c2cccc(OC)c2)cc1. The summed E-state index contributed by atoms with van der Waals surface area (Å²) in [4.78, 5) is 29.6. The van der Waals surface area contributed by atoms with Crippen LogP contribution in [0.3, 0.4) is 0 Å². The van der Waals surface area contributed by atoms with Crippen LogP contribution in [0.15, 0.2) is 48.5 Å². The van der Waals surface area contributed by atoms with Gasteiger partial charge in [0.25, 0.3) is 5.91 Å². The molecule has 164 valence electrons. The highest BCUT2D eigenvalue weighted by Crippen LogP contribution is 2.44. The van der Waals surface area contributed by atoms with Gasteiger partial charge >= 0.3 is 6.03 Å². The molecule has 0 atom stereocenters. The molecule has 2 aromatic carbocycles. The number of urea groups is 1. The Morgan fingerprint density at radius 3 is 2.52 bits per heavy atom. The zero-order valence-corrected chi connectivity index (χ0v) is 18.9. The van der Waals surface area contributed by atoms with Crippen molar-refractivity contribution in [1.82, 2.24) is 9.80 Å². The van der Waals surface area contributed by atoms with E-state index < -0.39 is 0 Å². The second-order valence-electron chi connectivity index (χ2n) is 7.95. The Labute approximate surface area is 187 Å². The number of ether oxygens (including phenoxy) is 1. The molecule has 2 aliphatic heterocycles. The first-order valence-corrected chi connectivity index (χ1v) is 11.8. The van der Waals surface area contributed by atoms with E-state index in [0.29, 0.717) is 24.4 Å². The zero-order valence-electron chi connectivity index (χ0n) is 18.1. The van der Waals surface area contributed by atoms with Crippen LogP contribution in [-0.4, -0.2) is 59.1 Å². The molecule has 31 heavy (non-hydrogen) atoms. The average Bonchev–Trinajstić information content (AvgIpc) is 3.22. The molecule has 4 rings (SSSR count). The van der Waals surface area contributed by atoms with Crippen LogP contribution in [0, 0.1) is 0 Å². The monoisotopic (exact) mass is 439 g/mol. The minimum Gasteiger partial charge on any atom is -0.497 e. The normalized spacial score (nSPS) is 17.6. The van der Waals surface area contributed by atoms with E-state index in [0.717, 1.165) is 37.2 Å². The van der Waals surface area contributed by atoms with Crippen LogP contribution in [0.25, 0.3) is 0 Å². The fourth-order valence-electron chi connectivity index (χ4n) is 4.31. The number of thioether (sulfide) groups is 1. The minimum atomic E-state index is -0.236. The Morgan fingerprint density at radius 2 is 1.84 bits per heavy atom. The van der Waals surface area contributed by atoms with Crippen molar-refractivity contribution >= 4 is 29.4 Å². The fourth-order valence-corrected chi connectivity index (χ4v) is 5.76. The third kappa shape index (κ3) is 4.51. The Kier molecular flexibility index (Phi) is 6.41. The summed E-state index contributed by atoms with van der Waals surface area (Å²) in [5, 5.41) is 3.00. The van der Waals surface area contributed by atoms with Gasteiger partial charge in [-0.1, -0.05) is 25.1 Å². The number of rotatable bonds is 4. The van der Waals surface area contributed by atoms with Gasteiger partial charge in [0.1, 0.15) is 5.75 Å². The number of hydrogen-bond donors (Lipinski definition) is 1. The van der Waals surface area contributed by atoms with Gasteiger partial charge in [0.2, 0.25) is 0 Å². The molecule has 6 nitrogen and oxygen atoms in total. The quantitative estimate of drug-likeness (QED) is 0.764. The molecule has 2 heterocycles. The number of carbonyl (C=O) groups excluding carboxylic acids is 2. The first-order chi connectivity index (χ1) is 15.0. The highest BCUT2D eigenvalue weighted by Gasteiger charge is 2.47. The number of anilines is 1. The number of hydrogen-bond acceptors (Lipinski definition) is 4. The number of aryl methyl sites for hydroxylation is 1. The maximum absolute atomic E-state index is 13.3. The fraction of sp³-hybridized carbons (Fsp3) is 0.417. The number of piperidine rings is 1. The third-order valence-electron chi connectivity index (χ3n) is 6.18. The molecule has 0 saturated carbocycles. The van der Waals surface area contributed by atoms with Crippen molar-refractivity contribution in [3.05, 3.63) is 59.7 Å². The van der Waals surface area contributed by atoms with Crippen LogP contribution in [0.2, 0.25) is 0 Å². The summed E-state index contributed by atoms with van der Waals surface area (Å²) in [5.74, 6) is 1.65. The first-order valence-electron chi connectivity index (χ1n) is 10.8. The largest absolute Gasteiger partial charge is 0.497 e. The van der Waals surface area contributed by atoms with Crippen LogP contribution in [0.5, 0.6) is 5.75 Å². The summed E-state index contributed by atoms with van der Waals surface area (Å²) in [6.45, 7) is 4.11. The molecule has 3 amide bonds. The van der Waals surface area contributed by atoms with Gasteiger partial charge in [-0.25, -0.2) is 4.79 Å². The van der Waals surface area contributed by atoms with Crippen molar-refractivity contribution in [2.45, 2.75) is 31.1 Å². The lowest BCUT2D eigenvalue weighted by Gasteiger charge is -2.44. The van der Waals surface area contributed by atoms with Gasteiger partial charge in [0.15, 0.2) is 0 Å². The van der Waals surface area contributed by atoms with E-state index >= 15 is 0 Å². The van der Waals surface area contributed by atoms with Crippen molar-refractivity contribution in [2.24, 2.45) is 0 Å². The summed E-state index contributed by atoms with van der Waals surface area (Å²) >= 11 is 1.84. The van der Waals surface area contributed by atoms with E-state index in [1.807, 2.05) is 64.0 Å². The lowest BCUT2D eigenvalue weighted by Crippen LogP contribution is -2.54. The van der Waals surface area contributed by atoms with E-state index in [-0.39, 0.29) is 16.8 Å². The van der Waals surface area contributed by atoms with Crippen LogP contribution < -0.4 is 10.1 Å². The highest BCUT2D eigenvalue weighted by atomic mass is 32.2. The molecule has 2 aliphatic rings. The predicted molar refractivity (Wildman–Crippen MR) is 125 cm³/mol. The van der Waals surface area contributed by atoms with Crippen molar-refractivity contribution in [2.75, 3.05) is 37.8 Å². The molecular weight excluding hydrogens is 410 g/mol. The Bertz CT molecular complexity index is 939. The van der Waals surface area contributed by atoms with Crippen LogP contribution in [0.1, 0.15) is 35.7 Å². The third-order valence-corrected chi connectivity index (χ3v) is 7.74. The number of nitrogens with one attached hydrogen (secondary N) is 1. The lowest BCUT2D eigenvalue weighted by atomic mass is 10.0. The molecule has 0 unspecified atom stereocenters. The Balaban J connectivity index is 1.39. The molecule has 2 fully saturated rings. The molecule has 0 bridgehead atoms. The summed E-state index contributed by atoms with van der Waals surface area (Å²) in [5.41, 5.74) is 2.71. The number of likely N-dealkylation sites (tertiary alicyclic amines) is 1. The van der Waals surface area contributed by atoms with Gasteiger partial charge in [-0.15, -0.1) is 11.8 Å². The number of benzene rings is 2. The van der Waals surface area contributed by atoms with E-state index in [4.69, 9.17) is 4.74 Å². The summed E-state index contributed by atoms with van der Waals surface area (Å²) < 4.78 is 5.28. The van der Waals surface area contributed by atoms with Crippen LogP contribution in [0.4, 0.5) is 10.5 Å². The van der Waals surface area contributed by atoms with E-state index in [9.17, 15) is 9.59 Å². The summed E-state index contributed by atoms with van der Waals surface area (Å²) in [7, 11) is 1.61. The number of carbonyl (C=O) groups is 2. The van der Waals surface area contributed by atoms with E-state index in [1.165, 1.54) is 5.56 Å². The predicted octanol–water partition coefficient (Wildman–Crippen LogP) is 4.47. The molecule has 2 aromatic rings. The molecule has 1 N–H and O–H groups in total. The minimum absolute atomic E-state index is 0.0396. The van der Waals surface area contributed by atoms with Gasteiger partial charge in [0, 0.05) is 36.6 Å². The van der Waals surface area contributed by atoms with Crippen molar-refractivity contribution in [3.8, 4) is 5.75 Å². The molecule has 7 heteroatoms. The maximum Gasteiger partial charge on any atom is 0.321 e. The van der Waals surface area contributed by atoms with Gasteiger partial charge in [-0.3, -0.25) is 4.79 Å². The van der Waals surface area contributed by atoms with Crippen molar-refractivity contribution in [3.63, 3.8) is 0 Å². The first kappa shape index (κ1) is 21.6. The van der Waals surface area contributed by atoms with Gasteiger partial charge in [-0.05, 0) is 55.2 Å². The van der Waals surface area contributed by atoms with E-state index in [1.54, 1.807) is 13.2 Å². The van der Waals surface area contributed by atoms with E-state index in [2.05, 4.69) is 12.2 Å². The molecule has 0 radical (unpaired) electrons. The molecule has 2 saturated heterocycles. The molecule has 0 aromatic heterocycles. The Hall–Kier alpha value is -2.67. The highest BCUT2D eigenvalue weighted by molar-refractivity contribution is 8.00. The van der Waals surface area contributed by atoms with Gasteiger partial charge < -0.3 is 19.9 Å².